The van der Waals surface area contributed by atoms with Crippen LogP contribution in [0.15, 0.2) is 22.8 Å². The minimum atomic E-state index is 0.389. The summed E-state index contributed by atoms with van der Waals surface area (Å²) in [5.74, 6) is 0.945. The van der Waals surface area contributed by atoms with Crippen LogP contribution >= 0.6 is 0 Å². The second kappa shape index (κ2) is 5.71. The number of furan rings is 1. The number of rotatable bonds is 6. The van der Waals surface area contributed by atoms with Gasteiger partial charge in [0.05, 0.1) is 11.8 Å². The number of aryl methyl sites for hydroxylation is 1. The van der Waals surface area contributed by atoms with E-state index in [1.807, 2.05) is 14.1 Å². The molecule has 0 saturated heterocycles. The fourth-order valence-electron chi connectivity index (χ4n) is 1.91. The summed E-state index contributed by atoms with van der Waals surface area (Å²) >= 11 is 0. The Bertz CT molecular complexity index is 543. The lowest BCUT2D eigenvalue weighted by Gasteiger charge is -2.09. The molecule has 0 spiro atoms. The molecule has 0 fully saturated rings. The molecule has 2 aromatic heterocycles. The Morgan fingerprint density at radius 1 is 1.53 bits per heavy atom. The Labute approximate surface area is 111 Å². The number of aldehydes is 1. The lowest BCUT2D eigenvalue weighted by Crippen LogP contribution is -2.16. The molecule has 0 atom stereocenters. The predicted molar refractivity (Wildman–Crippen MR) is 72.9 cm³/mol. The third kappa shape index (κ3) is 2.85. The molecular formula is C13H18N4O2. The maximum atomic E-state index is 11.2. The summed E-state index contributed by atoms with van der Waals surface area (Å²) in [5, 5.41) is 4.37. The van der Waals surface area contributed by atoms with Gasteiger partial charge in [0.25, 0.3) is 0 Å². The van der Waals surface area contributed by atoms with Gasteiger partial charge in [-0.2, -0.15) is 5.10 Å². The van der Waals surface area contributed by atoms with Crippen molar-refractivity contribution in [2.24, 2.45) is 0 Å². The molecule has 0 aliphatic rings. The van der Waals surface area contributed by atoms with Crippen molar-refractivity contribution >= 4 is 12.1 Å². The molecule has 2 aromatic rings. The minimum Gasteiger partial charge on any atom is -0.463 e. The van der Waals surface area contributed by atoms with E-state index in [1.54, 1.807) is 23.1 Å². The normalized spacial score (nSPS) is 11.1. The van der Waals surface area contributed by atoms with Crippen LogP contribution in [0, 0.1) is 0 Å². The lowest BCUT2D eigenvalue weighted by atomic mass is 10.2. The standard InChI is InChI=1S/C13H18N4O2/c1-16(2)6-4-7-17-13(14)10(9-18)12(15-17)11-5-3-8-19-11/h3,5,8-9H,4,6-7,14H2,1-2H3. The van der Waals surface area contributed by atoms with E-state index in [-0.39, 0.29) is 0 Å². The Kier molecular flexibility index (Phi) is 4.01. The summed E-state index contributed by atoms with van der Waals surface area (Å²) in [4.78, 5) is 13.2. The molecular weight excluding hydrogens is 244 g/mol. The van der Waals surface area contributed by atoms with Crippen LogP contribution in [0.4, 0.5) is 5.82 Å². The maximum absolute atomic E-state index is 11.2. The molecule has 0 aliphatic heterocycles. The third-order valence-electron chi connectivity index (χ3n) is 2.88. The smallest absolute Gasteiger partial charge is 0.156 e. The number of carbonyl (C=O) groups is 1. The SMILES string of the molecule is CN(C)CCCn1nc(-c2ccco2)c(C=O)c1N. The first-order chi connectivity index (χ1) is 9.13. The minimum absolute atomic E-state index is 0.389. The van der Waals surface area contributed by atoms with Crippen molar-refractivity contribution in [3.63, 3.8) is 0 Å². The van der Waals surface area contributed by atoms with E-state index in [0.29, 0.717) is 29.4 Å². The number of nitrogens with zero attached hydrogens (tertiary/aromatic N) is 3. The number of nitrogens with two attached hydrogens (primary N) is 1. The molecule has 2 rings (SSSR count). The Morgan fingerprint density at radius 2 is 2.32 bits per heavy atom. The van der Waals surface area contributed by atoms with Gasteiger partial charge in [0.2, 0.25) is 0 Å². The number of anilines is 1. The van der Waals surface area contributed by atoms with Crippen LogP contribution in [0.3, 0.4) is 0 Å². The molecule has 0 aromatic carbocycles. The van der Waals surface area contributed by atoms with E-state index >= 15 is 0 Å². The van der Waals surface area contributed by atoms with Crippen LogP contribution in [0.2, 0.25) is 0 Å². The van der Waals surface area contributed by atoms with E-state index in [1.165, 1.54) is 0 Å². The number of carbonyl (C=O) groups excluding carboxylic acids is 1. The highest BCUT2D eigenvalue weighted by molar-refractivity contribution is 5.90. The summed E-state index contributed by atoms with van der Waals surface area (Å²) in [5.41, 5.74) is 6.84. The van der Waals surface area contributed by atoms with Crippen molar-refractivity contribution < 1.29 is 9.21 Å². The Morgan fingerprint density at radius 3 is 2.89 bits per heavy atom. The zero-order chi connectivity index (χ0) is 13.8. The molecule has 2 heterocycles. The first-order valence-electron chi connectivity index (χ1n) is 6.13. The third-order valence-corrected chi connectivity index (χ3v) is 2.88. The van der Waals surface area contributed by atoms with Crippen LogP contribution < -0.4 is 5.73 Å². The van der Waals surface area contributed by atoms with Gasteiger partial charge in [0.1, 0.15) is 11.5 Å². The molecule has 0 unspecified atom stereocenters. The number of hydrogen-bond acceptors (Lipinski definition) is 5. The van der Waals surface area contributed by atoms with E-state index in [2.05, 4.69) is 10.00 Å². The van der Waals surface area contributed by atoms with Crippen molar-refractivity contribution in [2.75, 3.05) is 26.4 Å². The van der Waals surface area contributed by atoms with Gasteiger partial charge in [-0.05, 0) is 39.2 Å². The van der Waals surface area contributed by atoms with Crippen LogP contribution in [0.1, 0.15) is 16.8 Å². The van der Waals surface area contributed by atoms with Crippen LogP contribution in [-0.2, 0) is 6.54 Å². The average Bonchev–Trinajstić information content (AvgIpc) is 2.97. The van der Waals surface area contributed by atoms with Gasteiger partial charge in [-0.25, -0.2) is 4.68 Å². The van der Waals surface area contributed by atoms with Crippen LogP contribution in [0.25, 0.3) is 11.5 Å². The summed E-state index contributed by atoms with van der Waals surface area (Å²) in [7, 11) is 4.02. The van der Waals surface area contributed by atoms with Crippen molar-refractivity contribution in [3.05, 3.63) is 24.0 Å². The second-order valence-corrected chi connectivity index (χ2v) is 4.62. The fourth-order valence-corrected chi connectivity index (χ4v) is 1.91. The highest BCUT2D eigenvalue weighted by Gasteiger charge is 2.18. The van der Waals surface area contributed by atoms with Crippen molar-refractivity contribution in [1.82, 2.24) is 14.7 Å². The first kappa shape index (κ1) is 13.4. The second-order valence-electron chi connectivity index (χ2n) is 4.62. The summed E-state index contributed by atoms with van der Waals surface area (Å²) in [6.07, 6.45) is 3.18. The van der Waals surface area contributed by atoms with E-state index in [4.69, 9.17) is 10.2 Å². The molecule has 102 valence electrons. The molecule has 0 aliphatic carbocycles. The highest BCUT2D eigenvalue weighted by atomic mass is 16.3. The molecule has 0 bridgehead atoms. The van der Waals surface area contributed by atoms with Crippen molar-refractivity contribution in [2.45, 2.75) is 13.0 Å². The quantitative estimate of drug-likeness (QED) is 0.798. The monoisotopic (exact) mass is 262 g/mol. The summed E-state index contributed by atoms with van der Waals surface area (Å²) in [6.45, 7) is 1.61. The van der Waals surface area contributed by atoms with Gasteiger partial charge in [-0.1, -0.05) is 0 Å². The maximum Gasteiger partial charge on any atom is 0.156 e. The fraction of sp³-hybridized carbons (Fsp3) is 0.385. The van der Waals surface area contributed by atoms with Crippen LogP contribution in [0.5, 0.6) is 0 Å². The number of nitrogen functional groups attached to an aromatic ring is 1. The highest BCUT2D eigenvalue weighted by Crippen LogP contribution is 2.26. The van der Waals surface area contributed by atoms with Gasteiger partial charge in [-0.3, -0.25) is 4.79 Å². The molecule has 0 radical (unpaired) electrons. The molecule has 0 saturated carbocycles. The largest absolute Gasteiger partial charge is 0.463 e. The van der Waals surface area contributed by atoms with E-state index in [0.717, 1.165) is 19.3 Å². The summed E-state index contributed by atoms with van der Waals surface area (Å²) < 4.78 is 6.93. The van der Waals surface area contributed by atoms with Gasteiger partial charge < -0.3 is 15.1 Å². The number of aromatic nitrogens is 2. The summed E-state index contributed by atoms with van der Waals surface area (Å²) in [6, 6.07) is 3.52. The van der Waals surface area contributed by atoms with Crippen molar-refractivity contribution in [3.8, 4) is 11.5 Å². The Hall–Kier alpha value is -2.08. The zero-order valence-corrected chi connectivity index (χ0v) is 11.2. The van der Waals surface area contributed by atoms with E-state index in [9.17, 15) is 4.79 Å². The lowest BCUT2D eigenvalue weighted by molar-refractivity contribution is 0.112. The molecule has 6 heteroatoms. The number of hydrogen-bond donors (Lipinski definition) is 1. The topological polar surface area (TPSA) is 77.3 Å². The molecule has 19 heavy (non-hydrogen) atoms. The Balaban J connectivity index is 2.24. The zero-order valence-electron chi connectivity index (χ0n) is 11.2. The molecule has 0 amide bonds. The van der Waals surface area contributed by atoms with E-state index < -0.39 is 0 Å². The molecule has 6 nitrogen and oxygen atoms in total. The average molecular weight is 262 g/mol. The first-order valence-corrected chi connectivity index (χ1v) is 6.13. The van der Waals surface area contributed by atoms with Crippen molar-refractivity contribution in [1.29, 1.82) is 0 Å². The van der Waals surface area contributed by atoms with Gasteiger partial charge >= 0.3 is 0 Å². The molecule has 2 N–H and O–H groups in total. The van der Waals surface area contributed by atoms with Crippen LogP contribution in [-0.4, -0.2) is 41.6 Å². The van der Waals surface area contributed by atoms with Gasteiger partial charge in [0.15, 0.2) is 12.0 Å². The van der Waals surface area contributed by atoms with Gasteiger partial charge in [0, 0.05) is 6.54 Å². The van der Waals surface area contributed by atoms with Gasteiger partial charge in [-0.15, -0.1) is 0 Å². The predicted octanol–water partition coefficient (Wildman–Crippen LogP) is 1.49.